The maximum absolute atomic E-state index is 13.1. The molecule has 0 bridgehead atoms. The first-order chi connectivity index (χ1) is 15.6. The van der Waals surface area contributed by atoms with Crippen LogP contribution in [0.5, 0.6) is 11.5 Å². The van der Waals surface area contributed by atoms with E-state index in [0.29, 0.717) is 24.5 Å². The molecule has 0 saturated heterocycles. The van der Waals surface area contributed by atoms with E-state index in [4.69, 9.17) is 14.2 Å². The number of nitrogens with zero attached hydrogens (tertiary/aromatic N) is 5. The van der Waals surface area contributed by atoms with Crippen molar-refractivity contribution >= 4 is 11.9 Å². The van der Waals surface area contributed by atoms with Crippen LogP contribution in [-0.4, -0.2) is 64.4 Å². The molecule has 1 aliphatic heterocycles. The lowest BCUT2D eigenvalue weighted by Gasteiger charge is -2.38. The minimum Gasteiger partial charge on any atom is -0.493 e. The molecule has 0 unspecified atom stereocenters. The Bertz CT molecular complexity index is 1090. The Balaban J connectivity index is 1.59. The number of benzene rings is 2. The summed E-state index contributed by atoms with van der Waals surface area (Å²) in [4.78, 5) is 26.9. The molecule has 1 aromatic heterocycles. The van der Waals surface area contributed by atoms with E-state index in [1.165, 1.54) is 11.0 Å². The summed E-state index contributed by atoms with van der Waals surface area (Å²) in [6, 6.07) is 13.3. The maximum Gasteiger partial charge on any atom is 0.328 e. The summed E-state index contributed by atoms with van der Waals surface area (Å²) in [6.45, 7) is -0.0550. The van der Waals surface area contributed by atoms with Gasteiger partial charge in [-0.1, -0.05) is 30.3 Å². The molecule has 166 valence electrons. The summed E-state index contributed by atoms with van der Waals surface area (Å²) < 4.78 is 17.4. The number of hydrogen-bond acceptors (Lipinski definition) is 8. The van der Waals surface area contributed by atoms with Crippen LogP contribution in [-0.2, 0) is 27.3 Å². The van der Waals surface area contributed by atoms with Crippen molar-refractivity contribution in [2.24, 2.45) is 0 Å². The number of fused-ring (bicyclic) bond motifs is 1. The first kappa shape index (κ1) is 21.3. The average molecular weight is 437 g/mol. The van der Waals surface area contributed by atoms with Crippen molar-refractivity contribution < 1.29 is 23.8 Å². The number of amides is 1. The highest BCUT2D eigenvalue weighted by Gasteiger charge is 2.33. The van der Waals surface area contributed by atoms with E-state index in [9.17, 15) is 9.59 Å². The zero-order chi connectivity index (χ0) is 22.5. The van der Waals surface area contributed by atoms with Crippen LogP contribution in [0.25, 0.3) is 0 Å². The molecule has 0 saturated carbocycles. The molecular weight excluding hydrogens is 414 g/mol. The van der Waals surface area contributed by atoms with Crippen molar-refractivity contribution in [3.8, 4) is 11.5 Å². The fraction of sp³-hybridized carbons (Fsp3) is 0.318. The summed E-state index contributed by atoms with van der Waals surface area (Å²) in [6.07, 6.45) is 1.95. The molecule has 0 radical (unpaired) electrons. The van der Waals surface area contributed by atoms with Crippen LogP contribution in [0.3, 0.4) is 0 Å². The van der Waals surface area contributed by atoms with Gasteiger partial charge in [0.1, 0.15) is 12.9 Å². The topological polar surface area (TPSA) is 109 Å². The molecule has 3 aromatic rings. The van der Waals surface area contributed by atoms with Gasteiger partial charge in [0, 0.05) is 6.54 Å². The number of rotatable bonds is 7. The van der Waals surface area contributed by atoms with Crippen molar-refractivity contribution in [3.05, 3.63) is 65.5 Å². The second kappa shape index (κ2) is 9.46. The SMILES string of the molecule is COc1cc2c(cc1OC)[C@@H](c1ccccc1)N(C(=O)COC(=O)Cn1cnnn1)CC2. The number of esters is 1. The predicted octanol–water partition coefficient (Wildman–Crippen LogP) is 1.41. The lowest BCUT2D eigenvalue weighted by molar-refractivity contribution is -0.153. The Kier molecular flexibility index (Phi) is 6.29. The molecule has 4 rings (SSSR count). The van der Waals surface area contributed by atoms with Crippen molar-refractivity contribution in [2.45, 2.75) is 19.0 Å². The van der Waals surface area contributed by atoms with Crippen LogP contribution in [0, 0.1) is 0 Å². The van der Waals surface area contributed by atoms with Gasteiger partial charge in [-0.2, -0.15) is 0 Å². The third-order valence-electron chi connectivity index (χ3n) is 5.35. The number of hydrogen-bond donors (Lipinski definition) is 0. The van der Waals surface area contributed by atoms with Gasteiger partial charge in [0.2, 0.25) is 0 Å². The highest BCUT2D eigenvalue weighted by atomic mass is 16.5. The minimum atomic E-state index is -0.592. The number of carbonyl (C=O) groups is 2. The summed E-state index contributed by atoms with van der Waals surface area (Å²) in [7, 11) is 3.18. The van der Waals surface area contributed by atoms with Gasteiger partial charge in [-0.05, 0) is 45.7 Å². The molecule has 32 heavy (non-hydrogen) atoms. The number of methoxy groups -OCH3 is 2. The fourth-order valence-corrected chi connectivity index (χ4v) is 3.87. The van der Waals surface area contributed by atoms with Gasteiger partial charge in [-0.25, -0.2) is 4.68 Å². The molecule has 0 aliphatic carbocycles. The van der Waals surface area contributed by atoms with Crippen LogP contribution in [0.1, 0.15) is 22.7 Å². The minimum absolute atomic E-state index is 0.164. The van der Waals surface area contributed by atoms with Crippen LogP contribution >= 0.6 is 0 Å². The number of ether oxygens (including phenoxy) is 3. The highest BCUT2D eigenvalue weighted by Crippen LogP contribution is 2.41. The van der Waals surface area contributed by atoms with Gasteiger partial charge < -0.3 is 19.1 Å². The number of carbonyl (C=O) groups excluding carboxylic acids is 2. The Hall–Kier alpha value is -3.95. The van der Waals surface area contributed by atoms with Crippen LogP contribution in [0.15, 0.2) is 48.8 Å². The summed E-state index contributed by atoms with van der Waals surface area (Å²) in [5.74, 6) is 0.360. The second-order valence-corrected chi connectivity index (χ2v) is 7.22. The van der Waals surface area contributed by atoms with Gasteiger partial charge in [0.05, 0.1) is 20.3 Å². The zero-order valence-electron chi connectivity index (χ0n) is 17.8. The van der Waals surface area contributed by atoms with E-state index in [-0.39, 0.29) is 25.1 Å². The van der Waals surface area contributed by atoms with Gasteiger partial charge in [-0.15, -0.1) is 5.10 Å². The standard InChI is InChI=1S/C22H23N5O5/c1-30-18-10-16-8-9-27(20(28)13-32-21(29)12-26-14-23-24-25-26)22(15-6-4-3-5-7-15)17(16)11-19(18)31-2/h3-7,10-11,14,22H,8-9,12-13H2,1-2H3/t22-/m1/s1. The van der Waals surface area contributed by atoms with Crippen LogP contribution < -0.4 is 9.47 Å². The normalized spacial score (nSPS) is 15.1. The smallest absolute Gasteiger partial charge is 0.328 e. The first-order valence-corrected chi connectivity index (χ1v) is 10.1. The molecule has 2 heterocycles. The van der Waals surface area contributed by atoms with Gasteiger partial charge in [0.15, 0.2) is 18.1 Å². The third kappa shape index (κ3) is 4.39. The predicted molar refractivity (Wildman–Crippen MR) is 112 cm³/mol. The summed E-state index contributed by atoms with van der Waals surface area (Å²) in [5.41, 5.74) is 2.98. The Morgan fingerprint density at radius 3 is 2.53 bits per heavy atom. The van der Waals surface area contributed by atoms with Crippen molar-refractivity contribution in [1.29, 1.82) is 0 Å². The van der Waals surface area contributed by atoms with Gasteiger partial charge in [0.25, 0.3) is 5.91 Å². The number of aromatic nitrogens is 4. The molecule has 2 aromatic carbocycles. The molecule has 0 N–H and O–H groups in total. The van der Waals surface area contributed by atoms with E-state index in [1.807, 2.05) is 42.5 Å². The van der Waals surface area contributed by atoms with Crippen molar-refractivity contribution in [1.82, 2.24) is 25.1 Å². The third-order valence-corrected chi connectivity index (χ3v) is 5.35. The first-order valence-electron chi connectivity index (χ1n) is 10.1. The van der Waals surface area contributed by atoms with E-state index < -0.39 is 5.97 Å². The Labute approximate surface area is 184 Å². The number of tetrazole rings is 1. The average Bonchev–Trinajstić information content (AvgIpc) is 3.34. The monoisotopic (exact) mass is 437 g/mol. The Morgan fingerprint density at radius 1 is 1.09 bits per heavy atom. The molecular formula is C22H23N5O5. The summed E-state index contributed by atoms with van der Waals surface area (Å²) >= 11 is 0. The highest BCUT2D eigenvalue weighted by molar-refractivity contribution is 5.82. The van der Waals surface area contributed by atoms with Gasteiger partial charge >= 0.3 is 5.97 Å². The molecule has 1 aliphatic rings. The zero-order valence-corrected chi connectivity index (χ0v) is 17.8. The summed E-state index contributed by atoms with van der Waals surface area (Å²) in [5, 5.41) is 10.5. The van der Waals surface area contributed by atoms with E-state index in [2.05, 4.69) is 15.5 Å². The van der Waals surface area contributed by atoms with E-state index in [1.54, 1.807) is 19.1 Å². The molecule has 10 nitrogen and oxygen atoms in total. The molecule has 10 heteroatoms. The van der Waals surface area contributed by atoms with Gasteiger partial charge in [-0.3, -0.25) is 9.59 Å². The second-order valence-electron chi connectivity index (χ2n) is 7.22. The van der Waals surface area contributed by atoms with Crippen LogP contribution in [0.4, 0.5) is 0 Å². The lowest BCUT2D eigenvalue weighted by atomic mass is 9.87. The van der Waals surface area contributed by atoms with Crippen molar-refractivity contribution in [3.63, 3.8) is 0 Å². The Morgan fingerprint density at radius 2 is 1.84 bits per heavy atom. The molecule has 0 spiro atoms. The fourth-order valence-electron chi connectivity index (χ4n) is 3.87. The molecule has 0 fully saturated rings. The molecule has 1 atom stereocenters. The lowest BCUT2D eigenvalue weighted by Crippen LogP contribution is -2.42. The van der Waals surface area contributed by atoms with Crippen LogP contribution in [0.2, 0.25) is 0 Å². The van der Waals surface area contributed by atoms with E-state index in [0.717, 1.165) is 16.7 Å². The van der Waals surface area contributed by atoms with Crippen molar-refractivity contribution in [2.75, 3.05) is 27.4 Å². The van der Waals surface area contributed by atoms with E-state index >= 15 is 0 Å². The quantitative estimate of drug-likeness (QED) is 0.511. The maximum atomic E-state index is 13.1. The molecule has 1 amide bonds. The largest absolute Gasteiger partial charge is 0.493 e.